The number of amides is 2. The molecule has 1 atom stereocenters. The molecule has 6 nitrogen and oxygen atoms in total. The first-order chi connectivity index (χ1) is 9.79. The van der Waals surface area contributed by atoms with Gasteiger partial charge in [-0.05, 0) is 56.2 Å². The van der Waals surface area contributed by atoms with Crippen molar-refractivity contribution in [3.8, 4) is 5.75 Å². The van der Waals surface area contributed by atoms with Gasteiger partial charge in [-0.15, -0.1) is 0 Å². The average molecular weight is 309 g/mol. The Hall–Kier alpha value is -2.15. The summed E-state index contributed by atoms with van der Waals surface area (Å²) in [6, 6.07) is 5.61. The molecule has 7 heteroatoms. The summed E-state index contributed by atoms with van der Waals surface area (Å²) in [4.78, 5) is 22.6. The standard InChI is InChI=1S/C14H19N3O3S/c1-8-5-6-12(7-9(8)2)20-10(3)13(19)16-17-14(21)15-11(4)18/h5-7,10H,1-4H3,(H,16,19)(H2,15,17,18,21). The van der Waals surface area contributed by atoms with Crippen molar-refractivity contribution in [2.45, 2.75) is 33.8 Å². The van der Waals surface area contributed by atoms with Crippen LogP contribution in [-0.4, -0.2) is 23.0 Å². The molecule has 0 spiro atoms. The Morgan fingerprint density at radius 3 is 2.43 bits per heavy atom. The maximum atomic E-state index is 11.8. The van der Waals surface area contributed by atoms with Gasteiger partial charge in [0.1, 0.15) is 5.75 Å². The van der Waals surface area contributed by atoms with Crippen molar-refractivity contribution in [2.75, 3.05) is 0 Å². The van der Waals surface area contributed by atoms with E-state index in [0.717, 1.165) is 11.1 Å². The third kappa shape index (κ3) is 5.78. The lowest BCUT2D eigenvalue weighted by Crippen LogP contribution is -2.51. The van der Waals surface area contributed by atoms with Crippen LogP contribution in [0.15, 0.2) is 18.2 Å². The first kappa shape index (κ1) is 16.9. The molecule has 114 valence electrons. The third-order valence-corrected chi connectivity index (χ3v) is 2.95. The number of thiocarbonyl (C=S) groups is 1. The second kappa shape index (κ2) is 7.58. The van der Waals surface area contributed by atoms with E-state index in [1.54, 1.807) is 6.92 Å². The number of aryl methyl sites for hydroxylation is 2. The Bertz CT molecular complexity index is 560. The van der Waals surface area contributed by atoms with Crippen LogP contribution >= 0.6 is 12.2 Å². The smallest absolute Gasteiger partial charge is 0.279 e. The highest BCUT2D eigenvalue weighted by Gasteiger charge is 2.15. The predicted octanol–water partition coefficient (Wildman–Crippen LogP) is 1.11. The molecule has 1 unspecified atom stereocenters. The highest BCUT2D eigenvalue weighted by Crippen LogP contribution is 2.17. The summed E-state index contributed by atoms with van der Waals surface area (Å²) in [6.45, 7) is 6.91. The van der Waals surface area contributed by atoms with E-state index < -0.39 is 12.0 Å². The molecule has 1 rings (SSSR count). The monoisotopic (exact) mass is 309 g/mol. The molecular weight excluding hydrogens is 290 g/mol. The molecule has 1 aromatic carbocycles. The first-order valence-electron chi connectivity index (χ1n) is 6.41. The molecular formula is C14H19N3O3S. The molecule has 1 aromatic rings. The van der Waals surface area contributed by atoms with Crippen LogP contribution in [0, 0.1) is 13.8 Å². The molecule has 3 N–H and O–H groups in total. The number of benzene rings is 1. The maximum Gasteiger partial charge on any atom is 0.279 e. The predicted molar refractivity (Wildman–Crippen MR) is 83.7 cm³/mol. The van der Waals surface area contributed by atoms with Gasteiger partial charge < -0.3 is 10.1 Å². The molecule has 0 radical (unpaired) electrons. The van der Waals surface area contributed by atoms with Crippen LogP contribution in [0.1, 0.15) is 25.0 Å². The average Bonchev–Trinajstić information content (AvgIpc) is 2.39. The fourth-order valence-electron chi connectivity index (χ4n) is 1.46. The topological polar surface area (TPSA) is 79.5 Å². The Balaban J connectivity index is 2.49. The van der Waals surface area contributed by atoms with Gasteiger partial charge in [-0.3, -0.25) is 20.4 Å². The fourth-order valence-corrected chi connectivity index (χ4v) is 1.65. The molecule has 21 heavy (non-hydrogen) atoms. The largest absolute Gasteiger partial charge is 0.481 e. The summed E-state index contributed by atoms with van der Waals surface area (Å²) in [6.07, 6.45) is -0.709. The van der Waals surface area contributed by atoms with E-state index >= 15 is 0 Å². The summed E-state index contributed by atoms with van der Waals surface area (Å²) in [5.74, 6) is -0.104. The van der Waals surface area contributed by atoms with E-state index in [9.17, 15) is 9.59 Å². The first-order valence-corrected chi connectivity index (χ1v) is 6.81. The normalized spacial score (nSPS) is 11.2. The minimum atomic E-state index is -0.709. The molecule has 0 fully saturated rings. The van der Waals surface area contributed by atoms with E-state index in [1.807, 2.05) is 32.0 Å². The van der Waals surface area contributed by atoms with Crippen molar-refractivity contribution in [1.82, 2.24) is 16.2 Å². The summed E-state index contributed by atoms with van der Waals surface area (Å²) in [7, 11) is 0. The minimum absolute atomic E-state index is 0.0224. The Morgan fingerprint density at radius 1 is 1.19 bits per heavy atom. The molecule has 2 amide bonds. The highest BCUT2D eigenvalue weighted by molar-refractivity contribution is 7.80. The zero-order valence-corrected chi connectivity index (χ0v) is 13.3. The van der Waals surface area contributed by atoms with Crippen molar-refractivity contribution >= 4 is 29.1 Å². The number of nitrogens with one attached hydrogen (secondary N) is 3. The SMILES string of the molecule is CC(=O)NC(=S)NNC(=O)C(C)Oc1ccc(C)c(C)c1. The zero-order valence-electron chi connectivity index (χ0n) is 12.4. The number of ether oxygens (including phenoxy) is 1. The van der Waals surface area contributed by atoms with Crippen LogP contribution in [0.25, 0.3) is 0 Å². The number of hydrazine groups is 1. The molecule has 0 aliphatic rings. The Kier molecular flexibility index (Phi) is 6.10. The van der Waals surface area contributed by atoms with Gasteiger partial charge in [-0.1, -0.05) is 6.07 Å². The summed E-state index contributed by atoms with van der Waals surface area (Å²) >= 11 is 4.80. The lowest BCUT2D eigenvalue weighted by atomic mass is 10.1. The maximum absolute atomic E-state index is 11.8. The van der Waals surface area contributed by atoms with Gasteiger partial charge in [0.05, 0.1) is 0 Å². The van der Waals surface area contributed by atoms with Gasteiger partial charge in [-0.25, -0.2) is 0 Å². The zero-order chi connectivity index (χ0) is 16.0. The number of hydrogen-bond donors (Lipinski definition) is 3. The lowest BCUT2D eigenvalue weighted by Gasteiger charge is -2.16. The van der Waals surface area contributed by atoms with Crippen molar-refractivity contribution in [3.63, 3.8) is 0 Å². The van der Waals surface area contributed by atoms with Gasteiger partial charge in [0, 0.05) is 6.92 Å². The van der Waals surface area contributed by atoms with Crippen LogP contribution in [0.5, 0.6) is 5.75 Å². The molecule has 0 saturated carbocycles. The lowest BCUT2D eigenvalue weighted by molar-refractivity contribution is -0.128. The van der Waals surface area contributed by atoms with Gasteiger partial charge in [0.15, 0.2) is 11.2 Å². The molecule has 0 aromatic heterocycles. The third-order valence-electron chi connectivity index (χ3n) is 2.75. The van der Waals surface area contributed by atoms with Crippen LogP contribution in [0.2, 0.25) is 0 Å². The summed E-state index contributed by atoms with van der Waals surface area (Å²) in [5.41, 5.74) is 7.03. The van der Waals surface area contributed by atoms with E-state index in [4.69, 9.17) is 17.0 Å². The van der Waals surface area contributed by atoms with Gasteiger partial charge >= 0.3 is 0 Å². The van der Waals surface area contributed by atoms with Gasteiger partial charge in [-0.2, -0.15) is 0 Å². The van der Waals surface area contributed by atoms with E-state index in [-0.39, 0.29) is 11.0 Å². The van der Waals surface area contributed by atoms with Crippen molar-refractivity contribution in [2.24, 2.45) is 0 Å². The minimum Gasteiger partial charge on any atom is -0.481 e. The fraction of sp³-hybridized carbons (Fsp3) is 0.357. The second-order valence-electron chi connectivity index (χ2n) is 4.63. The number of hydrogen-bond acceptors (Lipinski definition) is 4. The van der Waals surface area contributed by atoms with Crippen LogP contribution < -0.4 is 20.9 Å². The molecule has 0 heterocycles. The van der Waals surface area contributed by atoms with Gasteiger partial charge in [0.2, 0.25) is 5.91 Å². The van der Waals surface area contributed by atoms with Crippen LogP contribution in [-0.2, 0) is 9.59 Å². The Morgan fingerprint density at radius 2 is 1.86 bits per heavy atom. The van der Waals surface area contributed by atoms with E-state index in [1.165, 1.54) is 6.92 Å². The molecule has 0 bridgehead atoms. The molecule has 0 aliphatic carbocycles. The quantitative estimate of drug-likeness (QED) is 0.576. The molecule has 0 aliphatic heterocycles. The molecule has 0 saturated heterocycles. The second-order valence-corrected chi connectivity index (χ2v) is 5.04. The van der Waals surface area contributed by atoms with Crippen molar-refractivity contribution < 1.29 is 14.3 Å². The number of carbonyl (C=O) groups excluding carboxylic acids is 2. The highest BCUT2D eigenvalue weighted by atomic mass is 32.1. The van der Waals surface area contributed by atoms with Gasteiger partial charge in [0.25, 0.3) is 5.91 Å². The number of rotatable bonds is 3. The Labute approximate surface area is 129 Å². The summed E-state index contributed by atoms with van der Waals surface area (Å²) in [5, 5.41) is 2.35. The van der Waals surface area contributed by atoms with E-state index in [2.05, 4.69) is 16.2 Å². The summed E-state index contributed by atoms with van der Waals surface area (Å²) < 4.78 is 5.54. The van der Waals surface area contributed by atoms with Crippen molar-refractivity contribution in [3.05, 3.63) is 29.3 Å². The van der Waals surface area contributed by atoms with Crippen LogP contribution in [0.4, 0.5) is 0 Å². The number of carbonyl (C=O) groups is 2. The van der Waals surface area contributed by atoms with Crippen molar-refractivity contribution in [1.29, 1.82) is 0 Å². The van der Waals surface area contributed by atoms with E-state index in [0.29, 0.717) is 5.75 Å². The van der Waals surface area contributed by atoms with Crippen LogP contribution in [0.3, 0.4) is 0 Å².